The number of amides is 1. The first-order valence-corrected chi connectivity index (χ1v) is 6.98. The predicted molar refractivity (Wildman–Crippen MR) is 75.7 cm³/mol. The van der Waals surface area contributed by atoms with Crippen LogP contribution in [0.5, 0.6) is 0 Å². The quantitative estimate of drug-likeness (QED) is 0.914. The molecule has 1 heterocycles. The van der Waals surface area contributed by atoms with Crippen LogP contribution in [0.3, 0.4) is 0 Å². The lowest BCUT2D eigenvalue weighted by Crippen LogP contribution is -2.32. The molecule has 100 valence electrons. The Balaban J connectivity index is 2.18. The second kappa shape index (κ2) is 5.84. The second-order valence-corrected chi connectivity index (χ2v) is 5.15. The van der Waals surface area contributed by atoms with Crippen LogP contribution in [-0.4, -0.2) is 35.0 Å². The number of carboxylic acid groups (broad SMARTS) is 1. The molecule has 0 aliphatic carbocycles. The summed E-state index contributed by atoms with van der Waals surface area (Å²) in [5.41, 5.74) is 0.609. The summed E-state index contributed by atoms with van der Waals surface area (Å²) < 4.78 is 1.14. The largest absolute Gasteiger partial charge is 0.481 e. The highest BCUT2D eigenvalue weighted by Crippen LogP contribution is 2.22. The van der Waals surface area contributed by atoms with Crippen molar-refractivity contribution in [3.05, 3.63) is 35.2 Å². The third-order valence-corrected chi connectivity index (χ3v) is 3.86. The minimum atomic E-state index is -0.889. The average Bonchev–Trinajstić information content (AvgIpc) is 2.85. The first-order chi connectivity index (χ1) is 9.11. The lowest BCUT2D eigenvalue weighted by Gasteiger charge is -2.20. The fraction of sp³-hybridized carbons (Fsp3) is 0.286. The lowest BCUT2D eigenvalue weighted by molar-refractivity contribution is -0.137. The van der Waals surface area contributed by atoms with Crippen LogP contribution in [0.25, 0.3) is 10.1 Å². The summed E-state index contributed by atoms with van der Waals surface area (Å²) in [7, 11) is 0. The highest BCUT2D eigenvalue weighted by Gasteiger charge is 2.15. The standard InChI is InChI=1S/C14H15NO3S/c1-2-15(7-5-13(16)17)14(18)11-3-4-12-10(9-11)6-8-19-12/h3-4,6,8-9H,2,5,7H2,1H3,(H,16,17). The summed E-state index contributed by atoms with van der Waals surface area (Å²) in [5, 5.41) is 11.7. The van der Waals surface area contributed by atoms with E-state index >= 15 is 0 Å². The molecule has 1 aromatic heterocycles. The van der Waals surface area contributed by atoms with E-state index in [2.05, 4.69) is 0 Å². The molecule has 0 aliphatic heterocycles. The van der Waals surface area contributed by atoms with Crippen molar-refractivity contribution in [1.82, 2.24) is 4.90 Å². The maximum absolute atomic E-state index is 12.3. The van der Waals surface area contributed by atoms with Gasteiger partial charge in [-0.05, 0) is 42.0 Å². The molecule has 2 rings (SSSR count). The Morgan fingerprint density at radius 2 is 2.11 bits per heavy atom. The van der Waals surface area contributed by atoms with Gasteiger partial charge in [0.1, 0.15) is 0 Å². The maximum atomic E-state index is 12.3. The SMILES string of the molecule is CCN(CCC(=O)O)C(=O)c1ccc2sccc2c1. The summed E-state index contributed by atoms with van der Waals surface area (Å²) in [4.78, 5) is 24.4. The van der Waals surface area contributed by atoms with Crippen LogP contribution in [0.15, 0.2) is 29.6 Å². The molecule has 1 aromatic carbocycles. The third-order valence-electron chi connectivity index (χ3n) is 2.96. The van der Waals surface area contributed by atoms with Gasteiger partial charge in [0.05, 0.1) is 6.42 Å². The lowest BCUT2D eigenvalue weighted by atomic mass is 10.1. The topological polar surface area (TPSA) is 57.6 Å². The normalized spacial score (nSPS) is 10.6. The van der Waals surface area contributed by atoms with E-state index in [1.807, 2.05) is 30.5 Å². The number of nitrogens with zero attached hydrogens (tertiary/aromatic N) is 1. The Kier molecular flexibility index (Phi) is 4.16. The van der Waals surface area contributed by atoms with E-state index < -0.39 is 5.97 Å². The van der Waals surface area contributed by atoms with E-state index in [1.54, 1.807) is 22.3 Å². The highest BCUT2D eigenvalue weighted by molar-refractivity contribution is 7.17. The number of rotatable bonds is 5. The summed E-state index contributed by atoms with van der Waals surface area (Å²) >= 11 is 1.63. The van der Waals surface area contributed by atoms with E-state index in [9.17, 15) is 9.59 Å². The van der Waals surface area contributed by atoms with Gasteiger partial charge in [0, 0.05) is 23.4 Å². The Morgan fingerprint density at radius 3 is 2.79 bits per heavy atom. The van der Waals surface area contributed by atoms with Gasteiger partial charge in [-0.25, -0.2) is 0 Å². The molecule has 0 fully saturated rings. The van der Waals surface area contributed by atoms with Crippen molar-refractivity contribution in [2.45, 2.75) is 13.3 Å². The summed E-state index contributed by atoms with van der Waals surface area (Å²) in [6.45, 7) is 2.60. The van der Waals surface area contributed by atoms with Gasteiger partial charge in [-0.1, -0.05) is 0 Å². The minimum absolute atomic E-state index is 0.0275. The number of carboxylic acids is 1. The Morgan fingerprint density at radius 1 is 1.32 bits per heavy atom. The zero-order valence-electron chi connectivity index (χ0n) is 10.6. The van der Waals surface area contributed by atoms with Gasteiger partial charge in [-0.15, -0.1) is 11.3 Å². The van der Waals surface area contributed by atoms with Crippen LogP contribution in [-0.2, 0) is 4.79 Å². The molecule has 19 heavy (non-hydrogen) atoms. The molecule has 1 N–H and O–H groups in total. The van der Waals surface area contributed by atoms with E-state index in [4.69, 9.17) is 5.11 Å². The van der Waals surface area contributed by atoms with Crippen molar-refractivity contribution in [3.8, 4) is 0 Å². The summed E-state index contributed by atoms with van der Waals surface area (Å²) in [6, 6.07) is 7.56. The Labute approximate surface area is 115 Å². The number of hydrogen-bond acceptors (Lipinski definition) is 3. The monoisotopic (exact) mass is 277 g/mol. The fourth-order valence-corrected chi connectivity index (χ4v) is 2.69. The van der Waals surface area contributed by atoms with Gasteiger partial charge in [-0.3, -0.25) is 9.59 Å². The Bertz CT molecular complexity index is 606. The first-order valence-electron chi connectivity index (χ1n) is 6.10. The van der Waals surface area contributed by atoms with Gasteiger partial charge < -0.3 is 10.0 Å². The number of fused-ring (bicyclic) bond motifs is 1. The molecule has 0 saturated heterocycles. The molecule has 1 amide bonds. The molecule has 2 aromatic rings. The van der Waals surface area contributed by atoms with E-state index in [0.29, 0.717) is 12.1 Å². The first kappa shape index (κ1) is 13.5. The van der Waals surface area contributed by atoms with Crippen LogP contribution in [0, 0.1) is 0 Å². The van der Waals surface area contributed by atoms with E-state index in [0.717, 1.165) is 10.1 Å². The number of hydrogen-bond donors (Lipinski definition) is 1. The van der Waals surface area contributed by atoms with Crippen molar-refractivity contribution in [3.63, 3.8) is 0 Å². The number of benzene rings is 1. The molecular weight excluding hydrogens is 262 g/mol. The molecule has 4 nitrogen and oxygen atoms in total. The Hall–Kier alpha value is -1.88. The van der Waals surface area contributed by atoms with E-state index in [-0.39, 0.29) is 18.9 Å². The van der Waals surface area contributed by atoms with Crippen molar-refractivity contribution >= 4 is 33.3 Å². The molecule has 0 saturated carbocycles. The summed E-state index contributed by atoms with van der Waals surface area (Å²) in [6.07, 6.45) is -0.0275. The summed E-state index contributed by atoms with van der Waals surface area (Å²) in [5.74, 6) is -1.00. The highest BCUT2D eigenvalue weighted by atomic mass is 32.1. The van der Waals surface area contributed by atoms with Gasteiger partial charge in [0.25, 0.3) is 5.91 Å². The molecule has 0 aliphatic rings. The minimum Gasteiger partial charge on any atom is -0.481 e. The van der Waals surface area contributed by atoms with Crippen LogP contribution in [0.2, 0.25) is 0 Å². The molecule has 0 unspecified atom stereocenters. The number of carbonyl (C=O) groups is 2. The number of carbonyl (C=O) groups excluding carboxylic acids is 1. The molecule has 0 atom stereocenters. The molecular formula is C14H15NO3S. The zero-order valence-corrected chi connectivity index (χ0v) is 11.4. The number of aliphatic carboxylic acids is 1. The van der Waals surface area contributed by atoms with Crippen molar-refractivity contribution in [2.24, 2.45) is 0 Å². The van der Waals surface area contributed by atoms with Crippen molar-refractivity contribution in [1.29, 1.82) is 0 Å². The molecule has 0 radical (unpaired) electrons. The number of thiophene rings is 1. The molecule has 0 bridgehead atoms. The van der Waals surface area contributed by atoms with Crippen LogP contribution in [0.4, 0.5) is 0 Å². The van der Waals surface area contributed by atoms with Crippen LogP contribution >= 0.6 is 11.3 Å². The van der Waals surface area contributed by atoms with Crippen LogP contribution < -0.4 is 0 Å². The molecule has 0 spiro atoms. The van der Waals surface area contributed by atoms with Gasteiger partial charge in [0.2, 0.25) is 0 Å². The van der Waals surface area contributed by atoms with Gasteiger partial charge >= 0.3 is 5.97 Å². The average molecular weight is 277 g/mol. The van der Waals surface area contributed by atoms with E-state index in [1.165, 1.54) is 0 Å². The predicted octanol–water partition coefficient (Wildman–Crippen LogP) is 2.84. The zero-order chi connectivity index (χ0) is 13.8. The van der Waals surface area contributed by atoms with Gasteiger partial charge in [0.15, 0.2) is 0 Å². The fourth-order valence-electron chi connectivity index (χ4n) is 1.92. The van der Waals surface area contributed by atoms with Crippen molar-refractivity contribution < 1.29 is 14.7 Å². The van der Waals surface area contributed by atoms with Gasteiger partial charge in [-0.2, -0.15) is 0 Å². The smallest absolute Gasteiger partial charge is 0.305 e. The van der Waals surface area contributed by atoms with Crippen molar-refractivity contribution in [2.75, 3.05) is 13.1 Å². The molecule has 5 heteroatoms. The third kappa shape index (κ3) is 3.12. The maximum Gasteiger partial charge on any atom is 0.305 e. The van der Waals surface area contributed by atoms with Crippen LogP contribution in [0.1, 0.15) is 23.7 Å². The second-order valence-electron chi connectivity index (χ2n) is 4.20.